The molecule has 1 heterocycles. The Bertz CT molecular complexity index is 127. The van der Waals surface area contributed by atoms with Crippen LogP contribution in [0, 0.1) is 0 Å². The summed E-state index contributed by atoms with van der Waals surface area (Å²) in [5.74, 6) is 0. The Morgan fingerprint density at radius 1 is 1.55 bits per heavy atom. The fourth-order valence-electron chi connectivity index (χ4n) is 1.45. The molecule has 0 radical (unpaired) electrons. The third kappa shape index (κ3) is 2.14. The number of hydrogen-bond acceptors (Lipinski definition) is 2. The first kappa shape index (κ1) is 8.94. The van der Waals surface area contributed by atoms with Crippen LogP contribution in [0.15, 0.2) is 0 Å². The maximum absolute atomic E-state index is 12.9. The zero-order valence-electron chi connectivity index (χ0n) is 7.26. The summed E-state index contributed by atoms with van der Waals surface area (Å²) in [6, 6.07) is 0.222. The molecule has 2 nitrogen and oxygen atoms in total. The van der Waals surface area contributed by atoms with Gasteiger partial charge in [0.1, 0.15) is 6.17 Å². The van der Waals surface area contributed by atoms with Crippen molar-refractivity contribution in [2.75, 3.05) is 13.1 Å². The fraction of sp³-hybridized carbons (Fsp3) is 1.00. The van der Waals surface area contributed by atoms with Gasteiger partial charge in [-0.15, -0.1) is 0 Å². The monoisotopic (exact) mass is 160 g/mol. The van der Waals surface area contributed by atoms with Gasteiger partial charge < -0.3 is 5.73 Å². The predicted molar refractivity (Wildman–Crippen MR) is 44.2 cm³/mol. The van der Waals surface area contributed by atoms with E-state index in [2.05, 4.69) is 18.7 Å². The van der Waals surface area contributed by atoms with E-state index in [9.17, 15) is 4.39 Å². The molecule has 1 rings (SSSR count). The van der Waals surface area contributed by atoms with Crippen LogP contribution in [0.2, 0.25) is 0 Å². The lowest BCUT2D eigenvalue weighted by atomic mass is 10.0. The standard InChI is InChI=1S/C8H17FN2/c1-6(2)11-4-3-7(9)8(10)5-11/h6-8H,3-5,10H2,1-2H3/t7-,8-/m1/s1. The Kier molecular flexibility index (Phi) is 2.84. The lowest BCUT2D eigenvalue weighted by Crippen LogP contribution is -2.51. The third-order valence-corrected chi connectivity index (χ3v) is 2.33. The summed E-state index contributed by atoms with van der Waals surface area (Å²) in [4.78, 5) is 2.22. The summed E-state index contributed by atoms with van der Waals surface area (Å²) < 4.78 is 12.9. The van der Waals surface area contributed by atoms with Crippen molar-refractivity contribution in [3.8, 4) is 0 Å². The fourth-order valence-corrected chi connectivity index (χ4v) is 1.45. The summed E-state index contributed by atoms with van der Waals surface area (Å²) >= 11 is 0. The highest BCUT2D eigenvalue weighted by Gasteiger charge is 2.26. The van der Waals surface area contributed by atoms with Gasteiger partial charge in [-0.2, -0.15) is 0 Å². The number of nitrogens with two attached hydrogens (primary N) is 1. The average Bonchev–Trinajstić information content (AvgIpc) is 1.94. The van der Waals surface area contributed by atoms with E-state index in [4.69, 9.17) is 5.73 Å². The smallest absolute Gasteiger partial charge is 0.118 e. The van der Waals surface area contributed by atoms with E-state index < -0.39 is 6.17 Å². The van der Waals surface area contributed by atoms with Crippen molar-refractivity contribution in [2.24, 2.45) is 5.73 Å². The van der Waals surface area contributed by atoms with Gasteiger partial charge in [0.25, 0.3) is 0 Å². The van der Waals surface area contributed by atoms with E-state index in [1.807, 2.05) is 0 Å². The van der Waals surface area contributed by atoms with Crippen LogP contribution in [0.3, 0.4) is 0 Å². The maximum atomic E-state index is 12.9. The van der Waals surface area contributed by atoms with E-state index >= 15 is 0 Å². The van der Waals surface area contributed by atoms with Crippen molar-refractivity contribution in [2.45, 2.75) is 38.5 Å². The molecule has 0 aromatic rings. The second-order valence-corrected chi connectivity index (χ2v) is 3.56. The maximum Gasteiger partial charge on any atom is 0.118 e. The van der Waals surface area contributed by atoms with Gasteiger partial charge in [-0.3, -0.25) is 4.90 Å². The number of rotatable bonds is 1. The summed E-state index contributed by atoms with van der Waals surface area (Å²) in [6.45, 7) is 5.79. The Labute approximate surface area is 67.6 Å². The predicted octanol–water partition coefficient (Wildman–Crippen LogP) is 0.766. The van der Waals surface area contributed by atoms with E-state index in [0.717, 1.165) is 6.54 Å². The molecule has 0 saturated carbocycles. The topological polar surface area (TPSA) is 29.3 Å². The van der Waals surface area contributed by atoms with Gasteiger partial charge in [-0.05, 0) is 20.3 Å². The SMILES string of the molecule is CC(C)N1CC[C@@H](F)[C@H](N)C1. The molecule has 0 aromatic heterocycles. The Balaban J connectivity index is 2.40. The van der Waals surface area contributed by atoms with Crippen LogP contribution in [0.5, 0.6) is 0 Å². The van der Waals surface area contributed by atoms with Crippen LogP contribution in [-0.4, -0.2) is 36.2 Å². The number of nitrogens with zero attached hydrogens (tertiary/aromatic N) is 1. The molecular formula is C8H17FN2. The number of alkyl halides is 1. The number of likely N-dealkylation sites (tertiary alicyclic amines) is 1. The van der Waals surface area contributed by atoms with Gasteiger partial charge >= 0.3 is 0 Å². The van der Waals surface area contributed by atoms with Gasteiger partial charge in [0.05, 0.1) is 0 Å². The van der Waals surface area contributed by atoms with Crippen molar-refractivity contribution in [3.63, 3.8) is 0 Å². The number of piperidine rings is 1. The summed E-state index contributed by atoms with van der Waals surface area (Å²) in [6.07, 6.45) is -0.190. The van der Waals surface area contributed by atoms with Gasteiger partial charge in [0, 0.05) is 25.2 Å². The minimum atomic E-state index is -0.787. The Morgan fingerprint density at radius 2 is 2.18 bits per heavy atom. The summed E-state index contributed by atoms with van der Waals surface area (Å²) in [5, 5.41) is 0. The quantitative estimate of drug-likeness (QED) is 0.614. The lowest BCUT2D eigenvalue weighted by molar-refractivity contribution is 0.104. The van der Waals surface area contributed by atoms with Crippen LogP contribution in [0.25, 0.3) is 0 Å². The first-order chi connectivity index (χ1) is 5.11. The van der Waals surface area contributed by atoms with Crippen LogP contribution in [-0.2, 0) is 0 Å². The molecule has 0 aromatic carbocycles. The molecule has 66 valence electrons. The molecule has 0 amide bonds. The Hall–Kier alpha value is -0.150. The largest absolute Gasteiger partial charge is 0.324 e. The minimum Gasteiger partial charge on any atom is -0.324 e. The van der Waals surface area contributed by atoms with E-state index in [-0.39, 0.29) is 6.04 Å². The molecule has 2 atom stereocenters. The molecule has 0 unspecified atom stereocenters. The second-order valence-electron chi connectivity index (χ2n) is 3.56. The molecule has 0 bridgehead atoms. The third-order valence-electron chi connectivity index (χ3n) is 2.33. The van der Waals surface area contributed by atoms with Crippen molar-refractivity contribution >= 4 is 0 Å². The van der Waals surface area contributed by atoms with Crippen LogP contribution < -0.4 is 5.73 Å². The van der Waals surface area contributed by atoms with Gasteiger partial charge in [0.2, 0.25) is 0 Å². The molecule has 11 heavy (non-hydrogen) atoms. The molecular weight excluding hydrogens is 143 g/mol. The van der Waals surface area contributed by atoms with E-state index in [0.29, 0.717) is 19.0 Å². The van der Waals surface area contributed by atoms with Crippen LogP contribution in [0.1, 0.15) is 20.3 Å². The number of hydrogen-bond donors (Lipinski definition) is 1. The van der Waals surface area contributed by atoms with Gasteiger partial charge in [-0.1, -0.05) is 0 Å². The zero-order chi connectivity index (χ0) is 8.43. The molecule has 1 aliphatic heterocycles. The van der Waals surface area contributed by atoms with Gasteiger partial charge in [0.15, 0.2) is 0 Å². The van der Waals surface area contributed by atoms with Crippen molar-refractivity contribution in [1.82, 2.24) is 4.90 Å². The van der Waals surface area contributed by atoms with Crippen LogP contribution >= 0.6 is 0 Å². The molecule has 0 aliphatic carbocycles. The molecule has 1 saturated heterocycles. The zero-order valence-corrected chi connectivity index (χ0v) is 7.26. The van der Waals surface area contributed by atoms with Crippen molar-refractivity contribution in [3.05, 3.63) is 0 Å². The van der Waals surface area contributed by atoms with Crippen molar-refractivity contribution in [1.29, 1.82) is 0 Å². The highest BCUT2D eigenvalue weighted by Crippen LogP contribution is 2.14. The minimum absolute atomic E-state index is 0.272. The summed E-state index contributed by atoms with van der Waals surface area (Å²) in [7, 11) is 0. The second kappa shape index (κ2) is 3.50. The van der Waals surface area contributed by atoms with Crippen molar-refractivity contribution < 1.29 is 4.39 Å². The average molecular weight is 160 g/mol. The van der Waals surface area contributed by atoms with E-state index in [1.165, 1.54) is 0 Å². The lowest BCUT2D eigenvalue weighted by Gasteiger charge is -2.35. The van der Waals surface area contributed by atoms with Gasteiger partial charge in [-0.25, -0.2) is 4.39 Å². The summed E-state index contributed by atoms with van der Waals surface area (Å²) in [5.41, 5.74) is 5.59. The number of halogens is 1. The van der Waals surface area contributed by atoms with Crippen LogP contribution in [0.4, 0.5) is 4.39 Å². The molecule has 1 aliphatic rings. The molecule has 2 N–H and O–H groups in total. The Morgan fingerprint density at radius 3 is 2.64 bits per heavy atom. The highest BCUT2D eigenvalue weighted by molar-refractivity contribution is 4.84. The molecule has 3 heteroatoms. The molecule has 0 spiro atoms. The highest BCUT2D eigenvalue weighted by atomic mass is 19.1. The first-order valence-electron chi connectivity index (χ1n) is 4.25. The first-order valence-corrected chi connectivity index (χ1v) is 4.25. The molecule has 1 fully saturated rings. The van der Waals surface area contributed by atoms with E-state index in [1.54, 1.807) is 0 Å². The normalized spacial score (nSPS) is 34.6.